The Morgan fingerprint density at radius 1 is 1.33 bits per heavy atom. The van der Waals surface area contributed by atoms with Gasteiger partial charge in [0.15, 0.2) is 9.84 Å². The maximum Gasteiger partial charge on any atom is 0.152 e. The molecule has 0 radical (unpaired) electrons. The number of pyridine rings is 1. The molecule has 18 heavy (non-hydrogen) atoms. The minimum absolute atomic E-state index is 0.242. The molecule has 2 rings (SSSR count). The number of nitrogens with zero attached hydrogens (tertiary/aromatic N) is 2. The lowest BCUT2D eigenvalue weighted by molar-refractivity contribution is 0.219. The molecule has 0 spiro atoms. The highest BCUT2D eigenvalue weighted by atomic mass is 35.5. The molecule has 1 aromatic rings. The second kappa shape index (κ2) is 5.86. The van der Waals surface area contributed by atoms with E-state index in [9.17, 15) is 8.42 Å². The van der Waals surface area contributed by atoms with Crippen LogP contribution in [0.3, 0.4) is 0 Å². The molecule has 7 heteroatoms. The van der Waals surface area contributed by atoms with E-state index in [0.717, 1.165) is 0 Å². The highest BCUT2D eigenvalue weighted by Gasteiger charge is 2.20. The largest absolute Gasteiger partial charge is 0.491 e. The van der Waals surface area contributed by atoms with E-state index in [4.69, 9.17) is 16.3 Å². The van der Waals surface area contributed by atoms with Gasteiger partial charge >= 0.3 is 0 Å². The molecule has 0 atom stereocenters. The smallest absolute Gasteiger partial charge is 0.152 e. The van der Waals surface area contributed by atoms with Crippen LogP contribution in [0.2, 0.25) is 5.02 Å². The molecule has 0 amide bonds. The van der Waals surface area contributed by atoms with Gasteiger partial charge in [-0.25, -0.2) is 8.42 Å². The zero-order chi connectivity index (χ0) is 13.0. The molecule has 0 N–H and O–H groups in total. The molecule has 1 aromatic heterocycles. The Bertz CT molecular complexity index is 493. The van der Waals surface area contributed by atoms with Gasteiger partial charge in [0.1, 0.15) is 12.4 Å². The molecular weight excluding hydrogens is 276 g/mol. The van der Waals surface area contributed by atoms with Gasteiger partial charge in [0.05, 0.1) is 22.7 Å². The third-order valence-corrected chi connectivity index (χ3v) is 4.61. The summed E-state index contributed by atoms with van der Waals surface area (Å²) in [6.07, 6.45) is 3.15. The first kappa shape index (κ1) is 13.6. The average molecular weight is 291 g/mol. The standard InChI is InChI=1S/C11H15ClN2O3S/c12-10-7-11(9-13-8-10)17-4-1-14-2-5-18(15,16)6-3-14/h7-9H,1-6H2. The minimum Gasteiger partial charge on any atom is -0.491 e. The van der Waals surface area contributed by atoms with Gasteiger partial charge in [-0.3, -0.25) is 9.88 Å². The summed E-state index contributed by atoms with van der Waals surface area (Å²) in [4.78, 5) is 6.00. The Kier molecular flexibility index (Phi) is 4.42. The third kappa shape index (κ3) is 4.12. The SMILES string of the molecule is O=S1(=O)CCN(CCOc2cncc(Cl)c2)CC1. The minimum atomic E-state index is -2.81. The van der Waals surface area contributed by atoms with Gasteiger partial charge in [-0.1, -0.05) is 11.6 Å². The molecule has 1 aliphatic rings. The first-order valence-electron chi connectivity index (χ1n) is 5.71. The Morgan fingerprint density at radius 3 is 2.72 bits per heavy atom. The summed E-state index contributed by atoms with van der Waals surface area (Å²) in [5, 5.41) is 0.538. The van der Waals surface area contributed by atoms with Crippen molar-refractivity contribution in [1.29, 1.82) is 0 Å². The summed E-state index contributed by atoms with van der Waals surface area (Å²) < 4.78 is 28.0. The van der Waals surface area contributed by atoms with Crippen LogP contribution in [0.1, 0.15) is 0 Å². The monoisotopic (exact) mass is 290 g/mol. The summed E-state index contributed by atoms with van der Waals surface area (Å²) in [6, 6.07) is 1.70. The Labute approximate surface area is 112 Å². The van der Waals surface area contributed by atoms with Crippen molar-refractivity contribution in [3.05, 3.63) is 23.5 Å². The molecule has 1 fully saturated rings. The van der Waals surface area contributed by atoms with Gasteiger partial charge in [0, 0.05) is 31.9 Å². The van der Waals surface area contributed by atoms with Crippen molar-refractivity contribution in [1.82, 2.24) is 9.88 Å². The fourth-order valence-corrected chi connectivity index (χ4v) is 3.18. The first-order chi connectivity index (χ1) is 8.55. The second-order valence-corrected chi connectivity index (χ2v) is 6.92. The quantitative estimate of drug-likeness (QED) is 0.822. The van der Waals surface area contributed by atoms with Crippen LogP contribution < -0.4 is 4.74 Å². The second-order valence-electron chi connectivity index (χ2n) is 4.18. The van der Waals surface area contributed by atoms with Gasteiger partial charge in [-0.05, 0) is 0 Å². The number of halogens is 1. The van der Waals surface area contributed by atoms with Gasteiger partial charge in [0.2, 0.25) is 0 Å². The maximum absolute atomic E-state index is 11.2. The van der Waals surface area contributed by atoms with Crippen molar-refractivity contribution in [2.24, 2.45) is 0 Å². The molecule has 5 nitrogen and oxygen atoms in total. The fourth-order valence-electron chi connectivity index (χ4n) is 1.74. The summed E-state index contributed by atoms with van der Waals surface area (Å²) in [5.74, 6) is 1.12. The van der Waals surface area contributed by atoms with Crippen LogP contribution in [0.15, 0.2) is 18.5 Å². The highest BCUT2D eigenvalue weighted by Crippen LogP contribution is 2.15. The molecule has 0 aromatic carbocycles. The fraction of sp³-hybridized carbons (Fsp3) is 0.545. The number of ether oxygens (including phenoxy) is 1. The van der Waals surface area contributed by atoms with Crippen LogP contribution in [0, 0.1) is 0 Å². The molecule has 0 bridgehead atoms. The lowest BCUT2D eigenvalue weighted by Crippen LogP contribution is -2.42. The van der Waals surface area contributed by atoms with Crippen LogP contribution in [-0.2, 0) is 9.84 Å². The van der Waals surface area contributed by atoms with Crippen LogP contribution >= 0.6 is 11.6 Å². The molecule has 0 unspecified atom stereocenters. The zero-order valence-corrected chi connectivity index (χ0v) is 11.5. The van der Waals surface area contributed by atoms with Crippen molar-refractivity contribution in [2.75, 3.05) is 37.7 Å². The van der Waals surface area contributed by atoms with E-state index in [0.29, 0.717) is 37.0 Å². The average Bonchev–Trinajstić information content (AvgIpc) is 2.31. The van der Waals surface area contributed by atoms with Gasteiger partial charge in [-0.2, -0.15) is 0 Å². The van der Waals surface area contributed by atoms with Crippen molar-refractivity contribution in [3.63, 3.8) is 0 Å². The Morgan fingerprint density at radius 2 is 2.06 bits per heavy atom. The normalized spacial score (nSPS) is 19.6. The van der Waals surface area contributed by atoms with E-state index in [1.807, 2.05) is 0 Å². The Balaban J connectivity index is 1.73. The molecule has 2 heterocycles. The molecule has 0 saturated carbocycles. The number of sulfone groups is 1. The summed E-state index contributed by atoms with van der Waals surface area (Å²) in [7, 11) is -2.81. The van der Waals surface area contributed by atoms with E-state index >= 15 is 0 Å². The molecule has 1 aliphatic heterocycles. The van der Waals surface area contributed by atoms with Crippen molar-refractivity contribution in [2.45, 2.75) is 0 Å². The highest BCUT2D eigenvalue weighted by molar-refractivity contribution is 7.91. The predicted molar refractivity (Wildman–Crippen MR) is 69.8 cm³/mol. The number of hydrogen-bond acceptors (Lipinski definition) is 5. The molecule has 100 valence electrons. The van der Waals surface area contributed by atoms with E-state index in [1.54, 1.807) is 18.5 Å². The summed E-state index contributed by atoms with van der Waals surface area (Å²) in [6.45, 7) is 2.38. The predicted octanol–water partition coefficient (Wildman–Crippen LogP) is 0.844. The first-order valence-corrected chi connectivity index (χ1v) is 7.91. The molecule has 0 aliphatic carbocycles. The zero-order valence-electron chi connectivity index (χ0n) is 9.88. The van der Waals surface area contributed by atoms with E-state index in [-0.39, 0.29) is 11.5 Å². The maximum atomic E-state index is 11.2. The summed E-state index contributed by atoms with van der Waals surface area (Å²) >= 11 is 5.78. The van der Waals surface area contributed by atoms with Gasteiger partial charge in [0.25, 0.3) is 0 Å². The van der Waals surface area contributed by atoms with E-state index < -0.39 is 9.84 Å². The van der Waals surface area contributed by atoms with Crippen LogP contribution in [0.5, 0.6) is 5.75 Å². The van der Waals surface area contributed by atoms with E-state index in [2.05, 4.69) is 9.88 Å². The van der Waals surface area contributed by atoms with Gasteiger partial charge in [-0.15, -0.1) is 0 Å². The molecule has 1 saturated heterocycles. The number of hydrogen-bond donors (Lipinski definition) is 0. The lowest BCUT2D eigenvalue weighted by atomic mass is 10.4. The van der Waals surface area contributed by atoms with Crippen molar-refractivity contribution in [3.8, 4) is 5.75 Å². The van der Waals surface area contributed by atoms with Crippen LogP contribution in [0.25, 0.3) is 0 Å². The van der Waals surface area contributed by atoms with Crippen LogP contribution in [0.4, 0.5) is 0 Å². The number of rotatable bonds is 4. The lowest BCUT2D eigenvalue weighted by Gasteiger charge is -2.26. The number of aromatic nitrogens is 1. The van der Waals surface area contributed by atoms with Crippen LogP contribution in [-0.4, -0.2) is 56.0 Å². The van der Waals surface area contributed by atoms with Gasteiger partial charge < -0.3 is 4.74 Å². The molecular formula is C11H15ClN2O3S. The third-order valence-electron chi connectivity index (χ3n) is 2.79. The topological polar surface area (TPSA) is 59.5 Å². The Hall–Kier alpha value is -0.850. The van der Waals surface area contributed by atoms with E-state index in [1.165, 1.54) is 0 Å². The van der Waals surface area contributed by atoms with Crippen molar-refractivity contribution >= 4 is 21.4 Å². The summed E-state index contributed by atoms with van der Waals surface area (Å²) in [5.41, 5.74) is 0. The van der Waals surface area contributed by atoms with Crippen molar-refractivity contribution < 1.29 is 13.2 Å².